The van der Waals surface area contributed by atoms with Gasteiger partial charge in [0, 0.05) is 36.5 Å². The Kier molecular flexibility index (Phi) is 4.24. The van der Waals surface area contributed by atoms with Gasteiger partial charge in [-0.15, -0.1) is 6.42 Å². The minimum atomic E-state index is -0.166. The summed E-state index contributed by atoms with van der Waals surface area (Å²) in [5.41, 5.74) is 4.12. The van der Waals surface area contributed by atoms with Gasteiger partial charge in [-0.1, -0.05) is 24.1 Å². The average Bonchev–Trinajstić information content (AvgIpc) is 3.34. The minimum Gasteiger partial charge on any atom is -0.347 e. The molecule has 6 nitrogen and oxygen atoms in total. The SMILES string of the molecule is C#Cc1ccc(-c2ccc3c(C(=O)N[C@@H]4CCN(C#N)C4)cnn3c2)cc1. The van der Waals surface area contributed by atoms with Crippen LogP contribution in [0, 0.1) is 23.8 Å². The molecule has 2 aromatic heterocycles. The summed E-state index contributed by atoms with van der Waals surface area (Å²) in [5.74, 6) is 2.44. The van der Waals surface area contributed by atoms with Gasteiger partial charge in [-0.2, -0.15) is 10.4 Å². The van der Waals surface area contributed by atoms with E-state index in [-0.39, 0.29) is 11.9 Å². The lowest BCUT2D eigenvalue weighted by Gasteiger charge is -2.11. The Morgan fingerprint density at radius 3 is 2.70 bits per heavy atom. The van der Waals surface area contributed by atoms with E-state index in [1.807, 2.05) is 42.6 Å². The number of hydrogen-bond acceptors (Lipinski definition) is 4. The lowest BCUT2D eigenvalue weighted by molar-refractivity contribution is 0.0940. The van der Waals surface area contributed by atoms with Crippen LogP contribution in [0.5, 0.6) is 0 Å². The molecule has 1 aliphatic rings. The van der Waals surface area contributed by atoms with Gasteiger partial charge in [0.15, 0.2) is 6.19 Å². The van der Waals surface area contributed by atoms with Crippen molar-refractivity contribution in [1.29, 1.82) is 5.26 Å². The van der Waals surface area contributed by atoms with Crippen LogP contribution >= 0.6 is 0 Å². The number of fused-ring (bicyclic) bond motifs is 1. The molecule has 1 atom stereocenters. The first-order valence-electron chi connectivity index (χ1n) is 8.68. The molecule has 132 valence electrons. The van der Waals surface area contributed by atoms with E-state index < -0.39 is 0 Å². The number of hydrogen-bond donors (Lipinski definition) is 1. The van der Waals surface area contributed by atoms with Crippen molar-refractivity contribution in [3.63, 3.8) is 0 Å². The second kappa shape index (κ2) is 6.86. The maximum Gasteiger partial charge on any atom is 0.255 e. The Balaban J connectivity index is 1.56. The maximum absolute atomic E-state index is 12.6. The van der Waals surface area contributed by atoms with Crippen LogP contribution in [0.15, 0.2) is 48.8 Å². The lowest BCUT2D eigenvalue weighted by Crippen LogP contribution is -2.36. The first-order valence-corrected chi connectivity index (χ1v) is 8.68. The molecule has 0 bridgehead atoms. The van der Waals surface area contributed by atoms with Gasteiger partial charge in [-0.25, -0.2) is 4.52 Å². The Bertz CT molecular complexity index is 1080. The van der Waals surface area contributed by atoms with Crippen molar-refractivity contribution in [2.24, 2.45) is 0 Å². The number of nitriles is 1. The van der Waals surface area contributed by atoms with Gasteiger partial charge < -0.3 is 10.2 Å². The fourth-order valence-electron chi connectivity index (χ4n) is 3.32. The third-order valence-corrected chi connectivity index (χ3v) is 4.81. The summed E-state index contributed by atoms with van der Waals surface area (Å²) in [7, 11) is 0. The van der Waals surface area contributed by atoms with Crippen LogP contribution in [0.4, 0.5) is 0 Å². The number of amides is 1. The highest BCUT2D eigenvalue weighted by molar-refractivity contribution is 6.00. The fraction of sp³-hybridized carbons (Fsp3) is 0.190. The zero-order chi connectivity index (χ0) is 18.8. The summed E-state index contributed by atoms with van der Waals surface area (Å²) in [5, 5.41) is 16.3. The Labute approximate surface area is 157 Å². The molecule has 1 fully saturated rings. The minimum absolute atomic E-state index is 0.0129. The highest BCUT2D eigenvalue weighted by atomic mass is 16.1. The molecule has 1 aliphatic heterocycles. The fourth-order valence-corrected chi connectivity index (χ4v) is 3.32. The molecule has 4 rings (SSSR count). The van der Waals surface area contributed by atoms with Crippen LogP contribution in [0.1, 0.15) is 22.3 Å². The van der Waals surface area contributed by atoms with Crippen molar-refractivity contribution >= 4 is 11.4 Å². The van der Waals surface area contributed by atoms with Crippen LogP contribution in [0.2, 0.25) is 0 Å². The van der Waals surface area contributed by atoms with E-state index in [4.69, 9.17) is 11.7 Å². The van der Waals surface area contributed by atoms with Gasteiger partial charge in [0.05, 0.1) is 17.3 Å². The average molecular weight is 355 g/mol. The predicted octanol–water partition coefficient (Wildman–Crippen LogP) is 2.27. The molecule has 1 aromatic carbocycles. The van der Waals surface area contributed by atoms with Crippen LogP contribution < -0.4 is 5.32 Å². The van der Waals surface area contributed by atoms with E-state index in [0.717, 1.165) is 28.6 Å². The summed E-state index contributed by atoms with van der Waals surface area (Å²) in [6, 6.07) is 11.6. The van der Waals surface area contributed by atoms with E-state index in [1.54, 1.807) is 15.6 Å². The van der Waals surface area contributed by atoms with Crippen molar-refractivity contribution in [1.82, 2.24) is 19.8 Å². The van der Waals surface area contributed by atoms with Crippen molar-refractivity contribution in [3.05, 3.63) is 59.9 Å². The zero-order valence-corrected chi connectivity index (χ0v) is 14.6. The van der Waals surface area contributed by atoms with Gasteiger partial charge in [-0.05, 0) is 30.2 Å². The molecule has 0 spiro atoms. The first kappa shape index (κ1) is 16.7. The zero-order valence-electron chi connectivity index (χ0n) is 14.6. The molecule has 0 radical (unpaired) electrons. The van der Waals surface area contributed by atoms with E-state index in [0.29, 0.717) is 18.7 Å². The van der Waals surface area contributed by atoms with E-state index >= 15 is 0 Å². The molecule has 3 aromatic rings. The van der Waals surface area contributed by atoms with E-state index in [2.05, 4.69) is 22.5 Å². The Hall–Kier alpha value is -3.77. The van der Waals surface area contributed by atoms with Crippen molar-refractivity contribution in [2.45, 2.75) is 12.5 Å². The van der Waals surface area contributed by atoms with Gasteiger partial charge in [0.25, 0.3) is 5.91 Å². The number of aromatic nitrogens is 2. The molecule has 3 heterocycles. The molecule has 6 heteroatoms. The molecule has 27 heavy (non-hydrogen) atoms. The molecule has 1 saturated heterocycles. The topological polar surface area (TPSA) is 73.4 Å². The first-order chi connectivity index (χ1) is 13.2. The Morgan fingerprint density at radius 2 is 2.00 bits per heavy atom. The quantitative estimate of drug-likeness (QED) is 0.578. The molecule has 1 amide bonds. The molecule has 0 unspecified atom stereocenters. The maximum atomic E-state index is 12.6. The monoisotopic (exact) mass is 355 g/mol. The third kappa shape index (κ3) is 3.21. The molecule has 0 saturated carbocycles. The number of benzene rings is 1. The Morgan fingerprint density at radius 1 is 1.22 bits per heavy atom. The summed E-state index contributed by atoms with van der Waals surface area (Å²) in [6.45, 7) is 1.23. The molecular formula is C21H17N5O. The molecule has 0 aliphatic carbocycles. The van der Waals surface area contributed by atoms with E-state index in [9.17, 15) is 4.79 Å². The summed E-state index contributed by atoms with van der Waals surface area (Å²) >= 11 is 0. The van der Waals surface area contributed by atoms with Gasteiger partial charge >= 0.3 is 0 Å². The van der Waals surface area contributed by atoms with E-state index in [1.165, 1.54) is 0 Å². The molecular weight excluding hydrogens is 338 g/mol. The smallest absolute Gasteiger partial charge is 0.255 e. The standard InChI is InChI=1S/C21H17N5O/c1-2-15-3-5-16(6-4-15)17-7-8-20-19(11-23-26(20)12-17)21(27)24-18-9-10-25(13-18)14-22/h1,3-8,11-12,18H,9-10,13H2,(H,24,27)/t18-/m1/s1. The summed E-state index contributed by atoms with van der Waals surface area (Å²) in [6.07, 6.45) is 11.8. The lowest BCUT2D eigenvalue weighted by atomic mass is 10.1. The summed E-state index contributed by atoms with van der Waals surface area (Å²) in [4.78, 5) is 14.3. The second-order valence-electron chi connectivity index (χ2n) is 6.53. The summed E-state index contributed by atoms with van der Waals surface area (Å²) < 4.78 is 1.70. The number of rotatable bonds is 3. The number of likely N-dealkylation sites (tertiary alicyclic amines) is 1. The van der Waals surface area contributed by atoms with Gasteiger partial charge in [0.2, 0.25) is 0 Å². The highest BCUT2D eigenvalue weighted by Crippen LogP contribution is 2.22. The third-order valence-electron chi connectivity index (χ3n) is 4.81. The largest absolute Gasteiger partial charge is 0.347 e. The van der Waals surface area contributed by atoms with Crippen molar-refractivity contribution < 1.29 is 4.79 Å². The normalized spacial score (nSPS) is 16.1. The number of carbonyl (C=O) groups is 1. The number of pyridine rings is 1. The predicted molar refractivity (Wildman–Crippen MR) is 102 cm³/mol. The molecule has 1 N–H and O–H groups in total. The number of terminal acetylenes is 1. The van der Waals surface area contributed by atoms with Crippen LogP contribution in [0.3, 0.4) is 0 Å². The van der Waals surface area contributed by atoms with Crippen LogP contribution in [0.25, 0.3) is 16.6 Å². The van der Waals surface area contributed by atoms with Gasteiger partial charge in [-0.3, -0.25) is 4.79 Å². The highest BCUT2D eigenvalue weighted by Gasteiger charge is 2.24. The van der Waals surface area contributed by atoms with Crippen LogP contribution in [-0.4, -0.2) is 39.6 Å². The number of nitrogens with one attached hydrogen (secondary N) is 1. The van der Waals surface area contributed by atoms with Crippen molar-refractivity contribution in [3.8, 4) is 29.7 Å². The van der Waals surface area contributed by atoms with Gasteiger partial charge in [0.1, 0.15) is 0 Å². The van der Waals surface area contributed by atoms with Crippen LogP contribution in [-0.2, 0) is 0 Å². The van der Waals surface area contributed by atoms with Crippen molar-refractivity contribution in [2.75, 3.05) is 13.1 Å². The number of carbonyl (C=O) groups excluding carboxylic acids is 1. The number of nitrogens with zero attached hydrogens (tertiary/aromatic N) is 4. The second-order valence-corrected chi connectivity index (χ2v) is 6.53.